The van der Waals surface area contributed by atoms with Crippen molar-refractivity contribution in [1.29, 1.82) is 0 Å². The van der Waals surface area contributed by atoms with Crippen molar-refractivity contribution in [3.05, 3.63) is 94.6 Å². The molecule has 3 aromatic rings. The third-order valence-electron chi connectivity index (χ3n) is 6.04. The number of hydrogen-bond donors (Lipinski definition) is 3. The largest absolute Gasteiger partial charge is 0.368 e. The lowest BCUT2D eigenvalue weighted by atomic mass is 10.1. The number of aryl methyl sites for hydroxylation is 2. The summed E-state index contributed by atoms with van der Waals surface area (Å²) in [5.41, 5.74) is 11.6. The molecule has 0 aliphatic rings. The second kappa shape index (κ2) is 15.4. The molecule has 0 fully saturated rings. The van der Waals surface area contributed by atoms with Crippen LogP contribution in [0.15, 0.2) is 60.9 Å². The molecule has 1 atom stereocenters. The van der Waals surface area contributed by atoms with Crippen LogP contribution in [0.1, 0.15) is 79.0 Å². The third-order valence-corrected chi connectivity index (χ3v) is 6.04. The minimum absolute atomic E-state index is 0.0395. The van der Waals surface area contributed by atoms with Crippen LogP contribution in [0.3, 0.4) is 0 Å². The predicted octanol–water partition coefficient (Wildman–Crippen LogP) is 4.10. The second-order valence-corrected chi connectivity index (χ2v) is 10.1. The summed E-state index contributed by atoms with van der Waals surface area (Å²) in [4.78, 5) is 43.9. The Morgan fingerprint density at radius 2 is 1.64 bits per heavy atom. The van der Waals surface area contributed by atoms with Crippen LogP contribution in [-0.2, 0) is 22.4 Å². The van der Waals surface area contributed by atoms with Gasteiger partial charge < -0.3 is 16.4 Å². The van der Waals surface area contributed by atoms with E-state index in [0.717, 1.165) is 29.8 Å². The highest BCUT2D eigenvalue weighted by atomic mass is 16.2. The van der Waals surface area contributed by atoms with Crippen LogP contribution in [0.2, 0.25) is 0 Å². The number of amides is 3. The van der Waals surface area contributed by atoms with Gasteiger partial charge in [-0.25, -0.2) is 0 Å². The Balaban J connectivity index is 0.000000282. The lowest BCUT2D eigenvalue weighted by molar-refractivity contribution is -0.129. The number of carbonyl (C=O) groups is 3. The number of carbonyl (C=O) groups excluding carboxylic acids is 3. The first-order valence-corrected chi connectivity index (χ1v) is 13.3. The van der Waals surface area contributed by atoms with Gasteiger partial charge in [-0.15, -0.1) is 0 Å². The molecule has 3 rings (SSSR count). The van der Waals surface area contributed by atoms with E-state index in [2.05, 4.69) is 65.6 Å². The Labute approximate surface area is 231 Å². The Morgan fingerprint density at radius 1 is 0.949 bits per heavy atom. The van der Waals surface area contributed by atoms with Crippen molar-refractivity contribution in [1.82, 2.24) is 20.6 Å². The maximum atomic E-state index is 12.0. The Hall–Kier alpha value is -4.07. The van der Waals surface area contributed by atoms with Gasteiger partial charge in [0.15, 0.2) is 0 Å². The maximum absolute atomic E-state index is 12.0. The summed E-state index contributed by atoms with van der Waals surface area (Å²) in [5.74, 6) is -1.12. The topological polar surface area (TPSA) is 127 Å². The van der Waals surface area contributed by atoms with Crippen LogP contribution < -0.4 is 16.4 Å². The van der Waals surface area contributed by atoms with E-state index in [1.807, 2.05) is 31.5 Å². The zero-order valence-corrected chi connectivity index (χ0v) is 23.8. The Kier molecular flexibility index (Phi) is 12.3. The molecule has 0 saturated carbocycles. The van der Waals surface area contributed by atoms with E-state index in [1.54, 1.807) is 26.0 Å². The number of aromatic nitrogens is 2. The SMILES string of the molecule is CCc1ccc(C(=O)NC[C@H](NC(=O)C(C)C)C(N)=O)cc1.Cc1cccc(Cc2cncc(C(C)C)n2)c1. The predicted molar refractivity (Wildman–Crippen MR) is 154 cm³/mol. The highest BCUT2D eigenvalue weighted by Gasteiger charge is 2.20. The van der Waals surface area contributed by atoms with Crippen LogP contribution in [-0.4, -0.2) is 40.3 Å². The molecule has 3 amide bonds. The van der Waals surface area contributed by atoms with E-state index in [-0.39, 0.29) is 24.3 Å². The van der Waals surface area contributed by atoms with E-state index in [9.17, 15) is 14.4 Å². The molecule has 0 bridgehead atoms. The van der Waals surface area contributed by atoms with Gasteiger partial charge in [-0.2, -0.15) is 0 Å². The van der Waals surface area contributed by atoms with E-state index in [0.29, 0.717) is 11.5 Å². The van der Waals surface area contributed by atoms with Crippen LogP contribution in [0.25, 0.3) is 0 Å². The lowest BCUT2D eigenvalue weighted by Crippen LogP contribution is -2.52. The van der Waals surface area contributed by atoms with Gasteiger partial charge in [0.05, 0.1) is 11.4 Å². The molecule has 0 radical (unpaired) electrons. The van der Waals surface area contributed by atoms with Gasteiger partial charge in [0, 0.05) is 36.8 Å². The number of nitrogens with two attached hydrogens (primary N) is 1. The number of rotatable bonds is 10. The van der Waals surface area contributed by atoms with Gasteiger partial charge in [-0.1, -0.05) is 76.6 Å². The van der Waals surface area contributed by atoms with Crippen molar-refractivity contribution >= 4 is 17.7 Å². The first-order valence-electron chi connectivity index (χ1n) is 13.3. The fraction of sp³-hybridized carbons (Fsp3) is 0.387. The van der Waals surface area contributed by atoms with Crippen molar-refractivity contribution in [2.75, 3.05) is 6.54 Å². The average molecular weight is 532 g/mol. The molecular weight excluding hydrogens is 490 g/mol. The van der Waals surface area contributed by atoms with Crippen LogP contribution in [0.4, 0.5) is 0 Å². The van der Waals surface area contributed by atoms with Crippen molar-refractivity contribution < 1.29 is 14.4 Å². The fourth-order valence-corrected chi connectivity index (χ4v) is 3.57. The molecule has 0 saturated heterocycles. The molecule has 39 heavy (non-hydrogen) atoms. The molecule has 8 nitrogen and oxygen atoms in total. The molecule has 0 aliphatic heterocycles. The number of primary amides is 1. The van der Waals surface area contributed by atoms with E-state index < -0.39 is 11.9 Å². The smallest absolute Gasteiger partial charge is 0.251 e. The van der Waals surface area contributed by atoms with Gasteiger partial charge in [0.25, 0.3) is 5.91 Å². The lowest BCUT2D eigenvalue weighted by Gasteiger charge is -2.17. The van der Waals surface area contributed by atoms with Crippen LogP contribution in [0, 0.1) is 12.8 Å². The van der Waals surface area contributed by atoms with Gasteiger partial charge in [-0.05, 0) is 42.5 Å². The molecule has 1 heterocycles. The van der Waals surface area contributed by atoms with Crippen LogP contribution in [0.5, 0.6) is 0 Å². The quantitative estimate of drug-likeness (QED) is 0.363. The van der Waals surface area contributed by atoms with E-state index in [4.69, 9.17) is 5.73 Å². The van der Waals surface area contributed by atoms with Crippen molar-refractivity contribution in [2.45, 2.75) is 66.3 Å². The number of nitrogens with one attached hydrogen (secondary N) is 2. The minimum Gasteiger partial charge on any atom is -0.368 e. The molecule has 208 valence electrons. The molecule has 1 aromatic heterocycles. The number of nitrogens with zero attached hydrogens (tertiary/aromatic N) is 2. The minimum atomic E-state index is -0.922. The monoisotopic (exact) mass is 531 g/mol. The molecule has 0 spiro atoms. The standard InChI is InChI=1S/C16H23N3O3.C15H18N2/c1-4-11-5-7-12(8-6-11)16(22)18-9-13(14(17)20)19-15(21)10(2)3;1-11(2)15-10-16-9-14(17-15)8-13-6-4-5-12(3)7-13/h5-8,10,13H,4,9H2,1-3H3,(H2,17,20)(H,18,22)(H,19,21);4-7,9-11H,8H2,1-3H3/t13-;/m0./s1. The highest BCUT2D eigenvalue weighted by Crippen LogP contribution is 2.13. The third kappa shape index (κ3) is 10.7. The molecule has 0 unspecified atom stereocenters. The normalized spacial score (nSPS) is 11.4. The van der Waals surface area contributed by atoms with Crippen molar-refractivity contribution in [2.24, 2.45) is 11.7 Å². The summed E-state index contributed by atoms with van der Waals surface area (Å²) in [5, 5.41) is 5.12. The number of benzene rings is 2. The number of hydrogen-bond acceptors (Lipinski definition) is 5. The van der Waals surface area contributed by atoms with Crippen molar-refractivity contribution in [3.63, 3.8) is 0 Å². The van der Waals surface area contributed by atoms with Gasteiger partial charge >= 0.3 is 0 Å². The molecule has 0 aliphatic carbocycles. The highest BCUT2D eigenvalue weighted by molar-refractivity contribution is 5.95. The first kappa shape index (κ1) is 31.1. The average Bonchev–Trinajstić information content (AvgIpc) is 2.91. The first-order chi connectivity index (χ1) is 18.5. The Morgan fingerprint density at radius 3 is 2.21 bits per heavy atom. The molecule has 2 aromatic carbocycles. The molecule has 8 heteroatoms. The molecule has 4 N–H and O–H groups in total. The summed E-state index contributed by atoms with van der Waals surface area (Å²) in [6, 6.07) is 14.8. The Bertz CT molecular complexity index is 1240. The summed E-state index contributed by atoms with van der Waals surface area (Å²) >= 11 is 0. The van der Waals surface area contributed by atoms with E-state index in [1.165, 1.54) is 11.1 Å². The van der Waals surface area contributed by atoms with Crippen LogP contribution >= 0.6 is 0 Å². The zero-order chi connectivity index (χ0) is 28.9. The van der Waals surface area contributed by atoms with Gasteiger partial charge in [0.1, 0.15) is 6.04 Å². The second-order valence-electron chi connectivity index (χ2n) is 10.1. The maximum Gasteiger partial charge on any atom is 0.251 e. The summed E-state index contributed by atoms with van der Waals surface area (Å²) in [6.07, 6.45) is 5.46. The van der Waals surface area contributed by atoms with Crippen molar-refractivity contribution in [3.8, 4) is 0 Å². The molecular formula is C31H41N5O3. The van der Waals surface area contributed by atoms with Gasteiger partial charge in [-0.3, -0.25) is 24.4 Å². The van der Waals surface area contributed by atoms with Gasteiger partial charge in [0.2, 0.25) is 11.8 Å². The fourth-order valence-electron chi connectivity index (χ4n) is 3.57. The summed E-state index contributed by atoms with van der Waals surface area (Å²) in [6.45, 7) is 11.8. The summed E-state index contributed by atoms with van der Waals surface area (Å²) in [7, 11) is 0. The van der Waals surface area contributed by atoms with E-state index >= 15 is 0 Å². The summed E-state index contributed by atoms with van der Waals surface area (Å²) < 4.78 is 0. The zero-order valence-electron chi connectivity index (χ0n) is 23.8.